The largest absolute Gasteiger partial charge is 0.493 e. The number of rotatable bonds is 8. The van der Waals surface area contributed by atoms with Crippen LogP contribution in [0.2, 0.25) is 0 Å². The molecule has 30 heavy (non-hydrogen) atoms. The summed E-state index contributed by atoms with van der Waals surface area (Å²) in [6, 6.07) is 12.4. The Balaban J connectivity index is 1.52. The van der Waals surface area contributed by atoms with E-state index in [2.05, 4.69) is 41.4 Å². The normalized spacial score (nSPS) is 14.9. The number of amides is 1. The molecule has 0 atom stereocenters. The molecule has 0 saturated carbocycles. The van der Waals surface area contributed by atoms with Crippen LogP contribution in [0.25, 0.3) is 0 Å². The summed E-state index contributed by atoms with van der Waals surface area (Å²) >= 11 is 0. The predicted molar refractivity (Wildman–Crippen MR) is 117 cm³/mol. The van der Waals surface area contributed by atoms with Crippen LogP contribution in [0.15, 0.2) is 36.4 Å². The smallest absolute Gasteiger partial charge is 0.223 e. The highest BCUT2D eigenvalue weighted by molar-refractivity contribution is 5.79. The van der Waals surface area contributed by atoms with E-state index >= 15 is 0 Å². The Kier molecular flexibility index (Phi) is 7.57. The lowest BCUT2D eigenvalue weighted by Gasteiger charge is -2.31. The van der Waals surface area contributed by atoms with E-state index in [4.69, 9.17) is 14.2 Å². The average molecular weight is 413 g/mol. The molecule has 1 N–H and O–H groups in total. The van der Waals surface area contributed by atoms with Crippen LogP contribution in [0.1, 0.15) is 29.5 Å². The lowest BCUT2D eigenvalue weighted by Crippen LogP contribution is -2.40. The summed E-state index contributed by atoms with van der Waals surface area (Å²) in [4.78, 5) is 15.1. The van der Waals surface area contributed by atoms with Crippen LogP contribution >= 0.6 is 0 Å². The Morgan fingerprint density at radius 1 is 0.967 bits per heavy atom. The molecule has 1 aliphatic heterocycles. The van der Waals surface area contributed by atoms with Gasteiger partial charge in [-0.05, 0) is 50.6 Å². The summed E-state index contributed by atoms with van der Waals surface area (Å²) in [5.41, 5.74) is 3.46. The van der Waals surface area contributed by atoms with Crippen LogP contribution in [0.5, 0.6) is 17.2 Å². The van der Waals surface area contributed by atoms with Crippen molar-refractivity contribution < 1.29 is 19.0 Å². The Hall–Kier alpha value is -2.73. The summed E-state index contributed by atoms with van der Waals surface area (Å²) in [5.74, 6) is 1.87. The van der Waals surface area contributed by atoms with Gasteiger partial charge in [-0.1, -0.05) is 29.8 Å². The van der Waals surface area contributed by atoms with Gasteiger partial charge in [0, 0.05) is 24.6 Å². The van der Waals surface area contributed by atoms with Crippen LogP contribution in [0.4, 0.5) is 0 Å². The van der Waals surface area contributed by atoms with E-state index in [1.165, 1.54) is 11.1 Å². The fourth-order valence-electron chi connectivity index (χ4n) is 3.93. The highest BCUT2D eigenvalue weighted by atomic mass is 16.5. The van der Waals surface area contributed by atoms with Gasteiger partial charge in [0.25, 0.3) is 0 Å². The van der Waals surface area contributed by atoms with Gasteiger partial charge in [0.15, 0.2) is 11.5 Å². The first-order valence-corrected chi connectivity index (χ1v) is 10.4. The second-order valence-corrected chi connectivity index (χ2v) is 7.75. The van der Waals surface area contributed by atoms with Crippen molar-refractivity contribution in [2.24, 2.45) is 5.92 Å². The monoisotopic (exact) mass is 412 g/mol. The third kappa shape index (κ3) is 5.25. The molecule has 0 bridgehead atoms. The van der Waals surface area contributed by atoms with Crippen LogP contribution in [-0.2, 0) is 17.9 Å². The van der Waals surface area contributed by atoms with Gasteiger partial charge in [-0.3, -0.25) is 9.69 Å². The number of likely N-dealkylation sites (tertiary alicyclic amines) is 1. The first kappa shape index (κ1) is 22.0. The lowest BCUT2D eigenvalue weighted by molar-refractivity contribution is -0.126. The van der Waals surface area contributed by atoms with Crippen molar-refractivity contribution in [2.75, 3.05) is 34.4 Å². The van der Waals surface area contributed by atoms with E-state index in [0.717, 1.165) is 38.0 Å². The highest BCUT2D eigenvalue weighted by Gasteiger charge is 2.25. The maximum Gasteiger partial charge on any atom is 0.223 e. The Bertz CT molecular complexity index is 843. The molecule has 3 rings (SSSR count). The summed E-state index contributed by atoms with van der Waals surface area (Å²) in [6.07, 6.45) is 1.75. The van der Waals surface area contributed by atoms with Gasteiger partial charge < -0.3 is 19.5 Å². The quantitative estimate of drug-likeness (QED) is 0.719. The molecule has 1 amide bonds. The topological polar surface area (TPSA) is 60.0 Å². The third-order valence-electron chi connectivity index (χ3n) is 5.72. The second-order valence-electron chi connectivity index (χ2n) is 7.75. The van der Waals surface area contributed by atoms with Crippen molar-refractivity contribution in [1.82, 2.24) is 10.2 Å². The van der Waals surface area contributed by atoms with E-state index in [9.17, 15) is 4.79 Å². The molecule has 1 heterocycles. The third-order valence-corrected chi connectivity index (χ3v) is 5.72. The Labute approximate surface area is 179 Å². The number of hydrogen-bond acceptors (Lipinski definition) is 5. The molecule has 0 unspecified atom stereocenters. The summed E-state index contributed by atoms with van der Waals surface area (Å²) in [6.45, 7) is 5.31. The number of carbonyl (C=O) groups is 1. The number of hydrogen-bond donors (Lipinski definition) is 1. The van der Waals surface area contributed by atoms with E-state index in [1.807, 2.05) is 12.1 Å². The fourth-order valence-corrected chi connectivity index (χ4v) is 3.93. The van der Waals surface area contributed by atoms with E-state index in [-0.39, 0.29) is 11.8 Å². The molecule has 0 radical (unpaired) electrons. The van der Waals surface area contributed by atoms with Crippen LogP contribution in [0.3, 0.4) is 0 Å². The molecule has 1 aliphatic rings. The van der Waals surface area contributed by atoms with Gasteiger partial charge in [0.05, 0.1) is 21.3 Å². The Morgan fingerprint density at radius 3 is 2.23 bits per heavy atom. The van der Waals surface area contributed by atoms with Crippen LogP contribution < -0.4 is 19.5 Å². The summed E-state index contributed by atoms with van der Waals surface area (Å²) in [5, 5.41) is 3.07. The highest BCUT2D eigenvalue weighted by Crippen LogP contribution is 2.39. The molecule has 0 aliphatic carbocycles. The van der Waals surface area contributed by atoms with E-state index in [1.54, 1.807) is 21.3 Å². The lowest BCUT2D eigenvalue weighted by atomic mass is 9.95. The fraction of sp³-hybridized carbons (Fsp3) is 0.458. The molecule has 2 aromatic carbocycles. The molecule has 2 aromatic rings. The zero-order valence-corrected chi connectivity index (χ0v) is 18.4. The van der Waals surface area contributed by atoms with Crippen LogP contribution in [0, 0.1) is 12.8 Å². The number of nitrogens with zero attached hydrogens (tertiary/aromatic N) is 1. The van der Waals surface area contributed by atoms with Crippen molar-refractivity contribution in [2.45, 2.75) is 32.9 Å². The zero-order chi connectivity index (χ0) is 21.5. The Morgan fingerprint density at radius 2 is 1.63 bits per heavy atom. The predicted octanol–water partition coefficient (Wildman–Crippen LogP) is 3.55. The van der Waals surface area contributed by atoms with Gasteiger partial charge in [0.1, 0.15) is 0 Å². The van der Waals surface area contributed by atoms with E-state index in [0.29, 0.717) is 23.8 Å². The molecular weight excluding hydrogens is 380 g/mol. The molecule has 0 spiro atoms. The number of aryl methyl sites for hydroxylation is 1. The number of ether oxygens (including phenoxy) is 3. The maximum atomic E-state index is 12.7. The maximum absolute atomic E-state index is 12.7. The van der Waals surface area contributed by atoms with Gasteiger partial charge in [0.2, 0.25) is 11.7 Å². The SMILES string of the molecule is COc1ccc(CNC(=O)C2CCN(Cc3ccc(C)cc3)CC2)c(OC)c1OC. The van der Waals surface area contributed by atoms with Crippen molar-refractivity contribution in [1.29, 1.82) is 0 Å². The van der Waals surface area contributed by atoms with Crippen molar-refractivity contribution in [3.8, 4) is 17.2 Å². The van der Waals surface area contributed by atoms with Gasteiger partial charge in [-0.15, -0.1) is 0 Å². The molecule has 6 nitrogen and oxygen atoms in total. The molecule has 162 valence electrons. The average Bonchev–Trinajstić information content (AvgIpc) is 2.78. The first-order valence-electron chi connectivity index (χ1n) is 10.4. The van der Waals surface area contributed by atoms with Gasteiger partial charge >= 0.3 is 0 Å². The van der Waals surface area contributed by atoms with E-state index < -0.39 is 0 Å². The minimum absolute atomic E-state index is 0.0467. The summed E-state index contributed by atoms with van der Waals surface area (Å²) in [7, 11) is 4.75. The number of carbonyl (C=O) groups excluding carboxylic acids is 1. The number of piperidine rings is 1. The van der Waals surface area contributed by atoms with Gasteiger partial charge in [-0.2, -0.15) is 0 Å². The standard InChI is InChI=1S/C24H32N2O4/c1-17-5-7-18(8-6-17)16-26-13-11-19(12-14-26)24(27)25-15-20-9-10-21(28-2)23(30-4)22(20)29-3/h5-10,19H,11-16H2,1-4H3,(H,25,27). The minimum atomic E-state index is 0.0467. The molecule has 0 aromatic heterocycles. The minimum Gasteiger partial charge on any atom is -0.493 e. The zero-order valence-electron chi connectivity index (χ0n) is 18.4. The number of nitrogens with one attached hydrogen (secondary N) is 1. The molecule has 1 saturated heterocycles. The second kappa shape index (κ2) is 10.3. The number of benzene rings is 2. The van der Waals surface area contributed by atoms with Crippen molar-refractivity contribution in [3.63, 3.8) is 0 Å². The first-order chi connectivity index (χ1) is 14.5. The van der Waals surface area contributed by atoms with Gasteiger partial charge in [-0.25, -0.2) is 0 Å². The molecule has 6 heteroatoms. The van der Waals surface area contributed by atoms with Crippen LogP contribution in [-0.4, -0.2) is 45.2 Å². The molecular formula is C24H32N2O4. The molecule has 1 fully saturated rings. The van der Waals surface area contributed by atoms with Crippen molar-refractivity contribution in [3.05, 3.63) is 53.1 Å². The summed E-state index contributed by atoms with van der Waals surface area (Å²) < 4.78 is 16.2. The number of methoxy groups -OCH3 is 3. The van der Waals surface area contributed by atoms with Crippen molar-refractivity contribution >= 4 is 5.91 Å².